The second-order valence-electron chi connectivity index (χ2n) is 7.96. The third-order valence-corrected chi connectivity index (χ3v) is 6.85. The minimum atomic E-state index is -0.427. The molecule has 0 bridgehead atoms. The molecule has 6 nitrogen and oxygen atoms in total. The molecule has 5 rings (SSSR count). The molecule has 0 radical (unpaired) electrons. The van der Waals surface area contributed by atoms with Crippen LogP contribution in [-0.2, 0) is 4.79 Å². The Balaban J connectivity index is 1.22. The molecule has 0 saturated carbocycles. The minimum Gasteiger partial charge on any atom is -0.457 e. The predicted octanol–water partition coefficient (Wildman–Crippen LogP) is 8.85. The first-order chi connectivity index (χ1) is 18.2. The molecule has 0 atom stereocenters. The highest BCUT2D eigenvalue weighted by Crippen LogP contribution is 2.32. The van der Waals surface area contributed by atoms with E-state index in [0.29, 0.717) is 54.8 Å². The van der Waals surface area contributed by atoms with Crippen LogP contribution in [0.5, 0.6) is 0 Å². The van der Waals surface area contributed by atoms with Crippen molar-refractivity contribution in [2.45, 2.75) is 0 Å². The summed E-state index contributed by atoms with van der Waals surface area (Å²) in [5.74, 6) is 1.04. The maximum atomic E-state index is 12.4. The van der Waals surface area contributed by atoms with E-state index in [0.717, 1.165) is 9.13 Å². The number of anilines is 1. The van der Waals surface area contributed by atoms with E-state index in [2.05, 4.69) is 38.2 Å². The van der Waals surface area contributed by atoms with Crippen LogP contribution in [-0.4, -0.2) is 16.0 Å². The zero-order chi connectivity index (χ0) is 26.8. The van der Waals surface area contributed by atoms with Gasteiger partial charge in [0.05, 0.1) is 10.6 Å². The molecular formula is C27H15Cl3IN3O3S. The Hall–Kier alpha value is -2.89. The van der Waals surface area contributed by atoms with Gasteiger partial charge in [0.2, 0.25) is 11.8 Å². The summed E-state index contributed by atoms with van der Waals surface area (Å²) in [6.45, 7) is 0. The van der Waals surface area contributed by atoms with Gasteiger partial charge in [-0.2, -0.15) is 0 Å². The number of furan rings is 1. The third kappa shape index (κ3) is 6.39. The molecule has 11 heteroatoms. The lowest BCUT2D eigenvalue weighted by molar-refractivity contribution is -0.115. The van der Waals surface area contributed by atoms with Gasteiger partial charge in [-0.3, -0.25) is 10.1 Å². The van der Waals surface area contributed by atoms with Crippen molar-refractivity contribution >= 4 is 103 Å². The Morgan fingerprint density at radius 2 is 1.74 bits per heavy atom. The Morgan fingerprint density at radius 1 is 0.947 bits per heavy atom. The molecule has 3 aromatic carbocycles. The van der Waals surface area contributed by atoms with Crippen molar-refractivity contribution in [1.29, 1.82) is 0 Å². The monoisotopic (exact) mass is 693 g/mol. The standard InChI is InChI=1S/C27H15Cl3IN3O3S/c28-15-9-14(10-16(29)11-15)23-7-3-19(36-23)4-8-25(35)34-27(38)32-18-2-6-24-22(13-18)33-26(37-24)20-12-17(31)1-5-21(20)30/h1-13H,(H2,32,34,35,38)/b8-4+. The fraction of sp³-hybridized carbons (Fsp3) is 0. The topological polar surface area (TPSA) is 80.3 Å². The molecule has 0 aliphatic heterocycles. The van der Waals surface area contributed by atoms with Crippen molar-refractivity contribution in [2.24, 2.45) is 0 Å². The molecule has 2 heterocycles. The average molecular weight is 695 g/mol. The van der Waals surface area contributed by atoms with E-state index in [1.165, 1.54) is 12.2 Å². The number of halogens is 4. The summed E-state index contributed by atoms with van der Waals surface area (Å²) in [5, 5.41) is 7.25. The molecule has 5 aromatic rings. The zero-order valence-corrected chi connectivity index (χ0v) is 24.3. The van der Waals surface area contributed by atoms with Crippen LogP contribution in [0.4, 0.5) is 5.69 Å². The summed E-state index contributed by atoms with van der Waals surface area (Å²) in [5.41, 5.74) is 3.28. The summed E-state index contributed by atoms with van der Waals surface area (Å²) in [6.07, 6.45) is 2.85. The van der Waals surface area contributed by atoms with E-state index in [-0.39, 0.29) is 5.11 Å². The van der Waals surface area contributed by atoms with Crippen LogP contribution >= 0.6 is 69.6 Å². The molecule has 0 spiro atoms. The normalized spacial score (nSPS) is 11.3. The number of hydrogen-bond donors (Lipinski definition) is 2. The first-order valence-corrected chi connectivity index (χ1v) is 13.6. The lowest BCUT2D eigenvalue weighted by Crippen LogP contribution is -2.32. The largest absolute Gasteiger partial charge is 0.457 e. The Kier molecular flexibility index (Phi) is 8.06. The lowest BCUT2D eigenvalue weighted by Gasteiger charge is -2.07. The van der Waals surface area contributed by atoms with Crippen LogP contribution in [0, 0.1) is 3.57 Å². The molecular weight excluding hydrogens is 680 g/mol. The smallest absolute Gasteiger partial charge is 0.250 e. The fourth-order valence-corrected chi connectivity index (χ4v) is 4.98. The Bertz CT molecular complexity index is 1710. The number of amides is 1. The second-order valence-corrected chi connectivity index (χ2v) is 10.9. The van der Waals surface area contributed by atoms with Gasteiger partial charge in [-0.1, -0.05) is 34.8 Å². The lowest BCUT2D eigenvalue weighted by atomic mass is 10.2. The Labute approximate surface area is 251 Å². The number of oxazole rings is 1. The first-order valence-electron chi connectivity index (χ1n) is 11.0. The highest BCUT2D eigenvalue weighted by Gasteiger charge is 2.13. The maximum Gasteiger partial charge on any atom is 0.250 e. The van der Waals surface area contributed by atoms with Gasteiger partial charge in [-0.15, -0.1) is 0 Å². The maximum absolute atomic E-state index is 12.4. The van der Waals surface area contributed by atoms with Gasteiger partial charge in [-0.25, -0.2) is 4.98 Å². The van der Waals surface area contributed by atoms with E-state index in [1.807, 2.05) is 12.1 Å². The number of hydrogen-bond acceptors (Lipinski definition) is 5. The van der Waals surface area contributed by atoms with Crippen LogP contribution < -0.4 is 10.6 Å². The van der Waals surface area contributed by atoms with E-state index in [9.17, 15) is 4.79 Å². The van der Waals surface area contributed by atoms with Gasteiger partial charge in [-0.05, 0) is 108 Å². The Morgan fingerprint density at radius 3 is 2.53 bits per heavy atom. The van der Waals surface area contributed by atoms with Crippen LogP contribution in [0.3, 0.4) is 0 Å². The number of aromatic nitrogens is 1. The molecule has 0 saturated heterocycles. The van der Waals surface area contributed by atoms with Gasteiger partial charge >= 0.3 is 0 Å². The highest BCUT2D eigenvalue weighted by molar-refractivity contribution is 14.1. The molecule has 0 aliphatic rings. The van der Waals surface area contributed by atoms with Gasteiger partial charge in [0.1, 0.15) is 17.0 Å². The van der Waals surface area contributed by atoms with Crippen LogP contribution in [0.25, 0.3) is 40.0 Å². The highest BCUT2D eigenvalue weighted by atomic mass is 127. The minimum absolute atomic E-state index is 0.122. The number of nitrogens with one attached hydrogen (secondary N) is 2. The molecule has 2 aromatic heterocycles. The molecule has 38 heavy (non-hydrogen) atoms. The van der Waals surface area contributed by atoms with Crippen molar-refractivity contribution in [3.05, 3.63) is 97.2 Å². The molecule has 1 amide bonds. The fourth-order valence-electron chi connectivity index (χ4n) is 3.55. The van der Waals surface area contributed by atoms with Gasteiger partial charge in [0, 0.05) is 30.9 Å². The van der Waals surface area contributed by atoms with E-state index >= 15 is 0 Å². The van der Waals surface area contributed by atoms with E-state index in [4.69, 9.17) is 55.9 Å². The van der Waals surface area contributed by atoms with Crippen molar-refractivity contribution in [3.63, 3.8) is 0 Å². The number of rotatable bonds is 5. The molecule has 190 valence electrons. The summed E-state index contributed by atoms with van der Waals surface area (Å²) < 4.78 is 12.6. The van der Waals surface area contributed by atoms with Crippen molar-refractivity contribution in [2.75, 3.05) is 5.32 Å². The first kappa shape index (κ1) is 26.7. The zero-order valence-electron chi connectivity index (χ0n) is 19.1. The molecule has 0 fully saturated rings. The van der Waals surface area contributed by atoms with Gasteiger partial charge in [0.25, 0.3) is 0 Å². The van der Waals surface area contributed by atoms with Crippen molar-refractivity contribution in [1.82, 2.24) is 10.3 Å². The van der Waals surface area contributed by atoms with Gasteiger partial charge < -0.3 is 14.2 Å². The predicted molar refractivity (Wildman–Crippen MR) is 165 cm³/mol. The van der Waals surface area contributed by atoms with Crippen molar-refractivity contribution < 1.29 is 13.6 Å². The second kappa shape index (κ2) is 11.5. The van der Waals surface area contributed by atoms with Crippen LogP contribution in [0.2, 0.25) is 15.1 Å². The molecule has 0 unspecified atom stereocenters. The van der Waals surface area contributed by atoms with E-state index in [1.54, 1.807) is 54.6 Å². The van der Waals surface area contributed by atoms with Crippen LogP contribution in [0.15, 0.2) is 81.6 Å². The summed E-state index contributed by atoms with van der Waals surface area (Å²) >= 11 is 25.9. The number of nitrogens with zero attached hydrogens (tertiary/aromatic N) is 1. The number of fused-ring (bicyclic) bond motifs is 1. The van der Waals surface area contributed by atoms with Gasteiger partial charge in [0.15, 0.2) is 10.7 Å². The number of carbonyl (C=O) groups excluding carboxylic acids is 1. The van der Waals surface area contributed by atoms with Crippen LogP contribution in [0.1, 0.15) is 5.76 Å². The third-order valence-electron chi connectivity index (χ3n) is 5.21. The van der Waals surface area contributed by atoms with E-state index < -0.39 is 5.91 Å². The van der Waals surface area contributed by atoms with Crippen molar-refractivity contribution in [3.8, 4) is 22.8 Å². The summed E-state index contributed by atoms with van der Waals surface area (Å²) in [7, 11) is 0. The molecule has 2 N–H and O–H groups in total. The SMILES string of the molecule is O=C(/C=C/c1ccc(-c2cc(Cl)cc(Cl)c2)o1)NC(=S)Nc1ccc2oc(-c3cc(I)ccc3Cl)nc2c1. The summed E-state index contributed by atoms with van der Waals surface area (Å²) in [6, 6.07) is 19.5. The molecule has 0 aliphatic carbocycles. The number of carbonyl (C=O) groups is 1. The number of thiocarbonyl (C=S) groups is 1. The number of benzene rings is 3. The summed E-state index contributed by atoms with van der Waals surface area (Å²) in [4.78, 5) is 16.9. The quantitative estimate of drug-likeness (QED) is 0.109. The average Bonchev–Trinajstić information content (AvgIpc) is 3.50.